The number of carboxylic acids is 1. The molecule has 0 saturated carbocycles. The first-order chi connectivity index (χ1) is 22.1. The fourth-order valence-electron chi connectivity index (χ4n) is 5.74. The van der Waals surface area contributed by atoms with Crippen molar-refractivity contribution in [2.45, 2.75) is 71.3 Å². The number of carbonyl (C=O) groups is 2. The summed E-state index contributed by atoms with van der Waals surface area (Å²) in [6.07, 6.45) is -5.28. The molecule has 3 radical (unpaired) electrons. The summed E-state index contributed by atoms with van der Waals surface area (Å²) in [4.78, 5) is 41.0. The van der Waals surface area contributed by atoms with E-state index in [0.717, 1.165) is 22.9 Å². The molecule has 3 aromatic rings. The van der Waals surface area contributed by atoms with E-state index >= 15 is 13.2 Å². The zero-order chi connectivity index (χ0) is 36.5. The van der Waals surface area contributed by atoms with Crippen LogP contribution in [0.5, 0.6) is 0 Å². The zero-order valence-electron chi connectivity index (χ0n) is 27.7. The van der Waals surface area contributed by atoms with E-state index in [1.807, 2.05) is 0 Å². The lowest BCUT2D eigenvalue weighted by Crippen LogP contribution is -2.52. The smallest absolute Gasteiger partial charge is 0.416 e. The zero-order valence-corrected chi connectivity index (χ0v) is 28.7. The van der Waals surface area contributed by atoms with Gasteiger partial charge in [0.25, 0.3) is 5.56 Å². The van der Waals surface area contributed by atoms with Gasteiger partial charge >= 0.3 is 12.1 Å². The molecule has 259 valence electrons. The van der Waals surface area contributed by atoms with E-state index in [0.29, 0.717) is 17.2 Å². The van der Waals surface area contributed by atoms with Crippen LogP contribution in [0.25, 0.3) is 11.1 Å². The molecule has 48 heavy (non-hydrogen) atoms. The lowest BCUT2D eigenvalue weighted by molar-refractivity contribution is -0.139. The highest BCUT2D eigenvalue weighted by atomic mass is 28.1. The number of likely N-dealkylation sites (N-methyl/N-ethyl adjacent to an activating group) is 1. The third-order valence-electron chi connectivity index (χ3n) is 7.89. The second-order valence-electron chi connectivity index (χ2n) is 12.8. The first-order valence-corrected chi connectivity index (χ1v) is 15.6. The molecule has 7 nitrogen and oxygen atoms in total. The molecule has 2 atom stereocenters. The maximum atomic E-state index is 16.5. The quantitative estimate of drug-likeness (QED) is 0.175. The second-order valence-corrected chi connectivity index (χ2v) is 13.7. The number of aliphatic carboxylic acids is 1. The Morgan fingerprint density at radius 2 is 1.62 bits per heavy atom. The van der Waals surface area contributed by atoms with Gasteiger partial charge in [0, 0.05) is 35.5 Å². The van der Waals surface area contributed by atoms with Crippen LogP contribution in [0.3, 0.4) is 0 Å². The maximum absolute atomic E-state index is 16.5. The average Bonchev–Trinajstić information content (AvgIpc) is 2.92. The molecular formula is C34H38F6N3O4Si. The van der Waals surface area contributed by atoms with Gasteiger partial charge in [0.05, 0.1) is 27.4 Å². The van der Waals surface area contributed by atoms with E-state index in [4.69, 9.17) is 0 Å². The van der Waals surface area contributed by atoms with Gasteiger partial charge in [-0.3, -0.25) is 14.4 Å². The summed E-state index contributed by atoms with van der Waals surface area (Å²) >= 11 is 0. The van der Waals surface area contributed by atoms with E-state index in [-0.39, 0.29) is 47.6 Å². The van der Waals surface area contributed by atoms with Crippen LogP contribution in [-0.4, -0.2) is 57.3 Å². The van der Waals surface area contributed by atoms with E-state index in [1.165, 1.54) is 13.8 Å². The van der Waals surface area contributed by atoms with E-state index in [1.54, 1.807) is 45.8 Å². The summed E-state index contributed by atoms with van der Waals surface area (Å²) in [5.41, 5.74) is -3.43. The second kappa shape index (κ2) is 14.7. The monoisotopic (exact) mass is 694 g/mol. The number of carbonyl (C=O) groups excluding carboxylic acids is 1. The van der Waals surface area contributed by atoms with Crippen LogP contribution < -0.4 is 10.9 Å². The Balaban J connectivity index is 2.26. The Kier molecular flexibility index (Phi) is 11.8. The van der Waals surface area contributed by atoms with Gasteiger partial charge < -0.3 is 19.9 Å². The molecule has 2 aromatic carbocycles. The highest BCUT2D eigenvalue weighted by molar-refractivity contribution is 6.18. The van der Waals surface area contributed by atoms with Gasteiger partial charge in [-0.15, -0.1) is 0 Å². The number of rotatable bonds is 12. The number of nitrogens with one attached hydrogen (secondary N) is 1. The fourth-order valence-corrected chi connectivity index (χ4v) is 6.23. The predicted molar refractivity (Wildman–Crippen MR) is 170 cm³/mol. The normalized spacial score (nSPS) is 13.9. The van der Waals surface area contributed by atoms with Gasteiger partial charge in [-0.2, -0.15) is 13.2 Å². The molecule has 0 aliphatic heterocycles. The number of pyridine rings is 1. The van der Waals surface area contributed by atoms with Crippen molar-refractivity contribution in [1.29, 1.82) is 0 Å². The van der Waals surface area contributed by atoms with Gasteiger partial charge in [-0.05, 0) is 88.0 Å². The third kappa shape index (κ3) is 8.56. The molecule has 1 aromatic heterocycles. The molecular weight excluding hydrogens is 656 g/mol. The van der Waals surface area contributed by atoms with Crippen LogP contribution in [0.2, 0.25) is 0 Å². The van der Waals surface area contributed by atoms with Crippen molar-refractivity contribution in [3.05, 3.63) is 91.6 Å². The molecule has 0 fully saturated rings. The largest absolute Gasteiger partial charge is 0.481 e. The van der Waals surface area contributed by atoms with Crippen LogP contribution in [0.15, 0.2) is 35.3 Å². The summed E-state index contributed by atoms with van der Waals surface area (Å²) in [5.74, 6) is -6.40. The Hall–Kier alpha value is -3.91. The van der Waals surface area contributed by atoms with Gasteiger partial charge in [-0.1, -0.05) is 19.9 Å². The van der Waals surface area contributed by atoms with Crippen LogP contribution in [-0.2, 0) is 27.3 Å². The molecule has 3 rings (SSSR count). The van der Waals surface area contributed by atoms with Crippen LogP contribution >= 0.6 is 0 Å². The lowest BCUT2D eigenvalue weighted by atomic mass is 9.90. The minimum Gasteiger partial charge on any atom is -0.481 e. The molecule has 1 heterocycles. The summed E-state index contributed by atoms with van der Waals surface area (Å²) in [7, 11) is 6.45. The topological polar surface area (TPSA) is 91.6 Å². The molecule has 2 N–H and O–H groups in total. The maximum Gasteiger partial charge on any atom is 0.416 e. The molecule has 0 saturated heterocycles. The number of aryl methyl sites for hydroxylation is 3. The number of hydrogen-bond donors (Lipinski definition) is 2. The first-order valence-electron chi connectivity index (χ1n) is 15.1. The Bertz CT molecular complexity index is 1750. The number of nitrogens with zero attached hydrogens (tertiary/aromatic N) is 2. The first kappa shape index (κ1) is 38.5. The third-order valence-corrected chi connectivity index (χ3v) is 8.45. The van der Waals surface area contributed by atoms with Crippen molar-refractivity contribution in [1.82, 2.24) is 14.8 Å². The van der Waals surface area contributed by atoms with Crippen molar-refractivity contribution >= 4 is 22.1 Å². The average molecular weight is 695 g/mol. The van der Waals surface area contributed by atoms with Gasteiger partial charge in [0.1, 0.15) is 23.5 Å². The van der Waals surface area contributed by atoms with Crippen molar-refractivity contribution in [3.63, 3.8) is 0 Å². The van der Waals surface area contributed by atoms with Crippen LogP contribution in [0, 0.1) is 44.1 Å². The lowest BCUT2D eigenvalue weighted by Gasteiger charge is -2.34. The van der Waals surface area contributed by atoms with Crippen molar-refractivity contribution in [3.8, 4) is 11.1 Å². The summed E-state index contributed by atoms with van der Waals surface area (Å²) in [6, 6.07) is 2.69. The number of amides is 1. The SMILES string of the molecule is Cc1cc(C)c(-c2cc(C)c(F)c([C@@]([Si])(CC(=O)O)NC(=O)C(CC(C)C)n3cc(CCN(C)C)c(C(F)(F)F)cc3=O)c2F)c(F)c1. The van der Waals surface area contributed by atoms with E-state index in [9.17, 15) is 32.7 Å². The molecule has 0 aliphatic rings. The Morgan fingerprint density at radius 1 is 1.00 bits per heavy atom. The summed E-state index contributed by atoms with van der Waals surface area (Å²) in [6.45, 7) is 7.96. The predicted octanol–water partition coefficient (Wildman–Crippen LogP) is 6.18. The molecule has 0 bridgehead atoms. The van der Waals surface area contributed by atoms with Gasteiger partial charge in [0.15, 0.2) is 0 Å². The Morgan fingerprint density at radius 3 is 2.15 bits per heavy atom. The fraction of sp³-hybridized carbons (Fsp3) is 0.441. The molecule has 0 spiro atoms. The minimum absolute atomic E-state index is 0.114. The molecule has 0 aliphatic carbocycles. The summed E-state index contributed by atoms with van der Waals surface area (Å²) in [5, 5.41) is 9.67. The van der Waals surface area contributed by atoms with E-state index < -0.39 is 69.8 Å². The highest BCUT2D eigenvalue weighted by Crippen LogP contribution is 2.39. The number of aromatic nitrogens is 1. The standard InChI is InChI=1S/C34H38F6N3O4Si/c1-17(2)10-25(43-16-21(8-9-42(6)7)23(14-26(43)44)34(38,39)40)32(47)41-33(48,15-27(45)46)29-30(36)20(5)13-22(31(29)37)28-19(4)11-18(3)12-24(28)35/h11-14,16-17,25H,8-10,15H2,1-7H3,(H,41,47)(H,45,46)/t25?,33-/m0/s1. The molecule has 1 amide bonds. The summed E-state index contributed by atoms with van der Waals surface area (Å²) < 4.78 is 90.2. The van der Waals surface area contributed by atoms with Gasteiger partial charge in [-0.25, -0.2) is 13.2 Å². The van der Waals surface area contributed by atoms with E-state index in [2.05, 4.69) is 15.6 Å². The number of hydrogen-bond acceptors (Lipinski definition) is 4. The number of carboxylic acid groups (broad SMARTS) is 1. The van der Waals surface area contributed by atoms with Crippen molar-refractivity contribution in [2.24, 2.45) is 5.92 Å². The molecule has 1 unspecified atom stereocenters. The number of alkyl halides is 3. The van der Waals surface area contributed by atoms with Crippen molar-refractivity contribution < 1.29 is 41.0 Å². The highest BCUT2D eigenvalue weighted by Gasteiger charge is 2.41. The number of benzene rings is 2. The van der Waals surface area contributed by atoms with Crippen LogP contribution in [0.1, 0.15) is 66.1 Å². The number of halogens is 6. The molecule has 14 heteroatoms. The van der Waals surface area contributed by atoms with Crippen molar-refractivity contribution in [2.75, 3.05) is 20.6 Å². The Labute approximate surface area is 278 Å². The van der Waals surface area contributed by atoms with Gasteiger partial charge in [0.2, 0.25) is 5.91 Å². The minimum atomic E-state index is -4.87. The van der Waals surface area contributed by atoms with Crippen LogP contribution in [0.4, 0.5) is 26.3 Å².